The highest BCUT2D eigenvalue weighted by Crippen LogP contribution is 2.16. The Morgan fingerprint density at radius 2 is 0.804 bits per heavy atom. The lowest BCUT2D eigenvalue weighted by molar-refractivity contribution is -0.138. The average Bonchev–Trinajstić information content (AvgIpc) is 3.02. The van der Waals surface area contributed by atoms with Crippen LogP contribution in [-0.4, -0.2) is 23.7 Å². The third kappa shape index (κ3) is 42.4. The van der Waals surface area contributed by atoms with Crippen molar-refractivity contribution in [2.24, 2.45) is 11.8 Å². The van der Waals surface area contributed by atoms with Crippen LogP contribution in [0.2, 0.25) is 0 Å². The van der Waals surface area contributed by atoms with Crippen LogP contribution in [0.25, 0.3) is 0 Å². The maximum absolute atomic E-state index is 10.8. The van der Waals surface area contributed by atoms with E-state index in [2.05, 4.69) is 40.9 Å². The summed E-state index contributed by atoms with van der Waals surface area (Å²) < 4.78 is 4.95. The van der Waals surface area contributed by atoms with Crippen molar-refractivity contribution in [1.82, 2.24) is 0 Å². The topological polar surface area (TPSA) is 63.6 Å². The van der Waals surface area contributed by atoms with Crippen molar-refractivity contribution in [3.05, 3.63) is 24.8 Å². The second-order valence-corrected chi connectivity index (χ2v) is 14.6. The molecule has 0 aliphatic carbocycles. The molecular formula is C42H80O4. The van der Waals surface area contributed by atoms with Gasteiger partial charge in [0.2, 0.25) is 0 Å². The highest BCUT2D eigenvalue weighted by molar-refractivity contribution is 5.85. The van der Waals surface area contributed by atoms with Crippen LogP contribution >= 0.6 is 0 Å². The third-order valence-electron chi connectivity index (χ3n) is 8.90. The zero-order valence-corrected chi connectivity index (χ0v) is 31.5. The molecule has 0 radical (unpaired) electrons. The number of hydrogen-bond donors (Lipinski definition) is 1. The summed E-state index contributed by atoms with van der Waals surface area (Å²) in [6.45, 7) is 16.7. The van der Waals surface area contributed by atoms with Crippen LogP contribution in [0, 0.1) is 11.8 Å². The molecular weight excluding hydrogens is 568 g/mol. The SMILES string of the molecule is C=C(CCCCCCCCCCCCCCCC(C)C)C(=O)O.C=CC(=O)OCCCCCCCCCCCCCCCC(C)C. The van der Waals surface area contributed by atoms with Gasteiger partial charge in [-0.3, -0.25) is 0 Å². The van der Waals surface area contributed by atoms with Gasteiger partial charge in [0.25, 0.3) is 0 Å². The van der Waals surface area contributed by atoms with Crippen molar-refractivity contribution in [1.29, 1.82) is 0 Å². The zero-order chi connectivity index (χ0) is 34.5. The molecule has 0 atom stereocenters. The van der Waals surface area contributed by atoms with Gasteiger partial charge in [0.1, 0.15) is 0 Å². The second-order valence-electron chi connectivity index (χ2n) is 14.6. The van der Waals surface area contributed by atoms with Crippen LogP contribution < -0.4 is 0 Å². The Morgan fingerprint density at radius 1 is 0.522 bits per heavy atom. The molecule has 0 aromatic heterocycles. The molecule has 0 unspecified atom stereocenters. The van der Waals surface area contributed by atoms with E-state index in [0.29, 0.717) is 18.6 Å². The predicted octanol–water partition coefficient (Wildman–Crippen LogP) is 14.0. The smallest absolute Gasteiger partial charge is 0.330 e. The number of rotatable bonds is 34. The molecule has 0 fully saturated rings. The van der Waals surface area contributed by atoms with Crippen LogP contribution in [-0.2, 0) is 14.3 Å². The summed E-state index contributed by atoms with van der Waals surface area (Å²) in [6, 6.07) is 0. The Morgan fingerprint density at radius 3 is 1.09 bits per heavy atom. The second kappa shape index (κ2) is 37.9. The summed E-state index contributed by atoms with van der Waals surface area (Å²) in [5, 5.41) is 8.71. The van der Waals surface area contributed by atoms with Gasteiger partial charge < -0.3 is 9.84 Å². The van der Waals surface area contributed by atoms with Crippen LogP contribution in [0.5, 0.6) is 0 Å². The number of aliphatic carboxylic acids is 1. The number of ether oxygens (including phenoxy) is 1. The first kappa shape index (κ1) is 46.5. The largest absolute Gasteiger partial charge is 0.478 e. The van der Waals surface area contributed by atoms with Gasteiger partial charge in [0.15, 0.2) is 0 Å². The molecule has 46 heavy (non-hydrogen) atoms. The van der Waals surface area contributed by atoms with E-state index < -0.39 is 5.97 Å². The van der Waals surface area contributed by atoms with E-state index >= 15 is 0 Å². The minimum absolute atomic E-state index is 0.301. The van der Waals surface area contributed by atoms with E-state index in [1.807, 2.05) is 0 Å². The summed E-state index contributed by atoms with van der Waals surface area (Å²) in [7, 11) is 0. The summed E-state index contributed by atoms with van der Waals surface area (Å²) in [6.07, 6.45) is 39.4. The minimum Gasteiger partial charge on any atom is -0.478 e. The summed E-state index contributed by atoms with van der Waals surface area (Å²) in [5.74, 6) is 0.595. The van der Waals surface area contributed by atoms with Crippen LogP contribution in [0.1, 0.15) is 214 Å². The fourth-order valence-corrected chi connectivity index (χ4v) is 5.77. The number of carbonyl (C=O) groups excluding carboxylic acids is 1. The number of esters is 1. The molecule has 0 saturated heterocycles. The van der Waals surface area contributed by atoms with Crippen molar-refractivity contribution in [3.63, 3.8) is 0 Å². The maximum Gasteiger partial charge on any atom is 0.330 e. The van der Waals surface area contributed by atoms with Gasteiger partial charge >= 0.3 is 11.9 Å². The first-order valence-electron chi connectivity index (χ1n) is 19.9. The lowest BCUT2D eigenvalue weighted by Crippen LogP contribution is -2.01. The molecule has 0 rings (SSSR count). The molecule has 4 heteroatoms. The number of hydrogen-bond acceptors (Lipinski definition) is 3. The van der Waals surface area contributed by atoms with Gasteiger partial charge in [0, 0.05) is 11.6 Å². The molecule has 0 aliphatic rings. The van der Waals surface area contributed by atoms with E-state index in [1.165, 1.54) is 167 Å². The van der Waals surface area contributed by atoms with Crippen molar-refractivity contribution in [3.8, 4) is 0 Å². The van der Waals surface area contributed by atoms with Crippen molar-refractivity contribution in [2.45, 2.75) is 214 Å². The lowest BCUT2D eigenvalue weighted by Gasteiger charge is -2.05. The maximum atomic E-state index is 10.8. The Hall–Kier alpha value is -1.58. The number of carboxylic acids is 1. The Labute approximate surface area is 288 Å². The highest BCUT2D eigenvalue weighted by atomic mass is 16.5. The quantitative estimate of drug-likeness (QED) is 0.0428. The molecule has 1 N–H and O–H groups in total. The Balaban J connectivity index is 0. The Kier molecular flexibility index (Phi) is 38.3. The molecule has 0 aromatic rings. The van der Waals surface area contributed by atoms with Crippen LogP contribution in [0.3, 0.4) is 0 Å². The molecule has 0 heterocycles. The minimum atomic E-state index is -0.843. The normalized spacial score (nSPS) is 11.0. The van der Waals surface area contributed by atoms with Gasteiger partial charge in [0.05, 0.1) is 6.61 Å². The van der Waals surface area contributed by atoms with Gasteiger partial charge in [-0.1, -0.05) is 208 Å². The predicted molar refractivity (Wildman–Crippen MR) is 202 cm³/mol. The van der Waals surface area contributed by atoms with Gasteiger partial charge in [-0.15, -0.1) is 0 Å². The van der Waals surface area contributed by atoms with E-state index in [-0.39, 0.29) is 5.97 Å². The fourth-order valence-electron chi connectivity index (χ4n) is 5.77. The summed E-state index contributed by atoms with van der Waals surface area (Å²) in [4.78, 5) is 21.4. The van der Waals surface area contributed by atoms with Crippen molar-refractivity contribution in [2.75, 3.05) is 6.61 Å². The molecule has 0 aromatic carbocycles. The molecule has 0 amide bonds. The van der Waals surface area contributed by atoms with Gasteiger partial charge in [-0.05, 0) is 31.1 Å². The number of carbonyl (C=O) groups is 2. The summed E-state index contributed by atoms with van der Waals surface area (Å²) >= 11 is 0. The van der Waals surface area contributed by atoms with E-state index in [9.17, 15) is 9.59 Å². The van der Waals surface area contributed by atoms with E-state index in [0.717, 1.165) is 31.1 Å². The van der Waals surface area contributed by atoms with Crippen molar-refractivity contribution < 1.29 is 19.4 Å². The summed E-state index contributed by atoms with van der Waals surface area (Å²) in [5.41, 5.74) is 0.356. The molecule has 0 bridgehead atoms. The van der Waals surface area contributed by atoms with Gasteiger partial charge in [-0.2, -0.15) is 0 Å². The molecule has 0 spiro atoms. The van der Waals surface area contributed by atoms with Crippen LogP contribution in [0.4, 0.5) is 0 Å². The van der Waals surface area contributed by atoms with Crippen molar-refractivity contribution >= 4 is 11.9 Å². The van der Waals surface area contributed by atoms with E-state index in [1.54, 1.807) is 0 Å². The monoisotopic (exact) mass is 649 g/mol. The first-order chi connectivity index (χ1) is 22.2. The third-order valence-corrected chi connectivity index (χ3v) is 8.90. The van der Waals surface area contributed by atoms with Crippen LogP contribution in [0.15, 0.2) is 24.8 Å². The standard InChI is InChI=1S/2C21H40O2/c1-19(2)17-15-13-11-9-7-5-4-6-8-10-12-14-16-18-20(3)21(22)23;1-4-21(22)23-19-17-15-13-11-9-7-5-6-8-10-12-14-16-18-20(2)3/h19H,3-18H2,1-2H3,(H,22,23);4,20H,1,5-19H2,2-3H3. The fraction of sp³-hybridized carbons (Fsp3) is 0.857. The Bertz CT molecular complexity index is 679. The van der Waals surface area contributed by atoms with E-state index in [4.69, 9.17) is 9.84 Å². The first-order valence-corrected chi connectivity index (χ1v) is 19.9. The molecule has 0 aliphatic heterocycles. The molecule has 0 saturated carbocycles. The highest BCUT2D eigenvalue weighted by Gasteiger charge is 2.03. The number of carboxylic acid groups (broad SMARTS) is 1. The molecule has 272 valence electrons. The average molecular weight is 649 g/mol. The number of unbranched alkanes of at least 4 members (excludes halogenated alkanes) is 24. The zero-order valence-electron chi connectivity index (χ0n) is 31.5. The lowest BCUT2D eigenvalue weighted by atomic mass is 10.0. The van der Waals surface area contributed by atoms with Gasteiger partial charge in [-0.25, -0.2) is 9.59 Å². The molecule has 4 nitrogen and oxygen atoms in total.